The summed E-state index contributed by atoms with van der Waals surface area (Å²) >= 11 is 0. The van der Waals surface area contributed by atoms with Gasteiger partial charge < -0.3 is 4.74 Å². The number of hydrogen-bond donors (Lipinski definition) is 0. The summed E-state index contributed by atoms with van der Waals surface area (Å²) in [6, 6.07) is 8.71. The lowest BCUT2D eigenvalue weighted by Gasteiger charge is -2.12. The van der Waals surface area contributed by atoms with Crippen LogP contribution in [-0.2, 0) is 28.4 Å². The molecule has 0 saturated carbocycles. The van der Waals surface area contributed by atoms with E-state index in [-0.39, 0.29) is 5.82 Å². The Bertz CT molecular complexity index is 815. The Morgan fingerprint density at radius 2 is 1.80 bits per heavy atom. The number of esters is 1. The second-order valence-corrected chi connectivity index (χ2v) is 7.70. The maximum atomic E-state index is 14.3. The van der Waals surface area contributed by atoms with E-state index in [0.717, 1.165) is 11.1 Å². The number of carbonyl (C=O) groups excluding carboxylic acids is 1. The van der Waals surface area contributed by atoms with E-state index in [1.54, 1.807) is 19.1 Å². The largest absolute Gasteiger partial charge is 0.465 e. The van der Waals surface area contributed by atoms with Gasteiger partial charge in [-0.1, -0.05) is 24.6 Å². The Morgan fingerprint density at radius 1 is 1.12 bits per heavy atom. The Balaban J connectivity index is 2.30. The van der Waals surface area contributed by atoms with Crippen molar-refractivity contribution in [2.24, 2.45) is 0 Å². The number of ether oxygens (including phenoxy) is 1. The zero-order valence-electron chi connectivity index (χ0n) is 15.0. The fourth-order valence-electron chi connectivity index (χ4n) is 2.76. The van der Waals surface area contributed by atoms with Gasteiger partial charge in [-0.05, 0) is 61.6 Å². The summed E-state index contributed by atoms with van der Waals surface area (Å²) in [4.78, 5) is 12.6. The first-order chi connectivity index (χ1) is 11.9. The lowest BCUT2D eigenvalue weighted by molar-refractivity contribution is 0.0599. The molecule has 0 aliphatic heterocycles. The third-order valence-electron chi connectivity index (χ3n) is 4.19. The molecule has 5 heteroatoms. The van der Waals surface area contributed by atoms with Gasteiger partial charge in [0.25, 0.3) is 0 Å². The van der Waals surface area contributed by atoms with Gasteiger partial charge in [-0.25, -0.2) is 9.18 Å². The highest BCUT2D eigenvalue weighted by atomic mass is 32.2. The van der Waals surface area contributed by atoms with Crippen LogP contribution in [0.3, 0.4) is 0 Å². The molecule has 1 unspecified atom stereocenters. The highest BCUT2D eigenvalue weighted by molar-refractivity contribution is 7.85. The minimum absolute atomic E-state index is 0.305. The topological polar surface area (TPSA) is 43.4 Å². The molecule has 0 amide bonds. The van der Waals surface area contributed by atoms with Crippen LogP contribution in [0.4, 0.5) is 4.39 Å². The average Bonchev–Trinajstić information content (AvgIpc) is 2.60. The molecule has 1 atom stereocenters. The molecule has 0 aliphatic rings. The fraction of sp³-hybridized carbons (Fsp3) is 0.350. The van der Waals surface area contributed by atoms with Crippen LogP contribution in [0.2, 0.25) is 0 Å². The van der Waals surface area contributed by atoms with Crippen molar-refractivity contribution < 1.29 is 18.1 Å². The first-order valence-electron chi connectivity index (χ1n) is 8.22. The molecule has 3 nitrogen and oxygen atoms in total. The zero-order valence-corrected chi connectivity index (χ0v) is 15.8. The summed E-state index contributed by atoms with van der Waals surface area (Å²) < 4.78 is 31.3. The van der Waals surface area contributed by atoms with E-state index in [9.17, 15) is 13.4 Å². The first-order valence-corrected chi connectivity index (χ1v) is 9.54. The van der Waals surface area contributed by atoms with E-state index >= 15 is 0 Å². The Labute approximate surface area is 150 Å². The third kappa shape index (κ3) is 4.54. The molecule has 134 valence electrons. The third-order valence-corrected chi connectivity index (χ3v) is 5.64. The molecule has 0 aliphatic carbocycles. The van der Waals surface area contributed by atoms with E-state index in [1.807, 2.05) is 26.0 Å². The predicted molar refractivity (Wildman–Crippen MR) is 98.0 cm³/mol. The van der Waals surface area contributed by atoms with Gasteiger partial charge in [0.2, 0.25) is 0 Å². The number of carbonyl (C=O) groups is 1. The molecule has 0 heterocycles. The fourth-order valence-corrected chi connectivity index (χ4v) is 3.77. The summed E-state index contributed by atoms with van der Waals surface area (Å²) in [5.41, 5.74) is 3.50. The summed E-state index contributed by atoms with van der Waals surface area (Å²) in [6.45, 7) is 5.51. The van der Waals surface area contributed by atoms with Crippen LogP contribution in [0.15, 0.2) is 35.2 Å². The SMILES string of the molecule is CCS(=O)c1cc(CCc2ccc(C)cc2C(=O)OC)c(F)cc1C. The average molecular weight is 362 g/mol. The smallest absolute Gasteiger partial charge is 0.338 e. The van der Waals surface area contributed by atoms with E-state index in [2.05, 4.69) is 0 Å². The molecular formula is C20H23FO3S. The van der Waals surface area contributed by atoms with Gasteiger partial charge in [0, 0.05) is 10.6 Å². The van der Waals surface area contributed by atoms with Crippen molar-refractivity contribution in [2.45, 2.75) is 38.5 Å². The summed E-state index contributed by atoms with van der Waals surface area (Å²) in [7, 11) is 0.222. The standard InChI is InChI=1S/C20H23FO3S/c1-5-25(23)19-12-16(18(21)11-14(19)3)9-8-15-7-6-13(2)10-17(15)20(22)24-4/h6-7,10-12H,5,8-9H2,1-4H3. The van der Waals surface area contributed by atoms with Crippen LogP contribution in [0, 0.1) is 19.7 Å². The van der Waals surface area contributed by atoms with E-state index in [1.165, 1.54) is 13.2 Å². The Hall–Kier alpha value is -2.01. The van der Waals surface area contributed by atoms with Crippen molar-refractivity contribution in [3.05, 3.63) is 64.0 Å². The normalized spacial score (nSPS) is 12.0. The molecule has 25 heavy (non-hydrogen) atoms. The second-order valence-electron chi connectivity index (χ2n) is 6.00. The van der Waals surface area contributed by atoms with Gasteiger partial charge in [-0.2, -0.15) is 0 Å². The van der Waals surface area contributed by atoms with Crippen LogP contribution in [-0.4, -0.2) is 23.0 Å². The molecule has 0 radical (unpaired) electrons. The van der Waals surface area contributed by atoms with E-state index in [4.69, 9.17) is 4.74 Å². The predicted octanol–water partition coefficient (Wildman–Crippen LogP) is 4.14. The molecule has 2 aromatic carbocycles. The van der Waals surface area contributed by atoms with Crippen molar-refractivity contribution in [3.63, 3.8) is 0 Å². The van der Waals surface area contributed by atoms with Gasteiger partial charge in [0.05, 0.1) is 23.5 Å². The van der Waals surface area contributed by atoms with Crippen molar-refractivity contribution in [1.82, 2.24) is 0 Å². The molecule has 2 rings (SSSR count). The van der Waals surface area contributed by atoms with Crippen LogP contribution in [0.25, 0.3) is 0 Å². The van der Waals surface area contributed by atoms with Crippen molar-refractivity contribution in [1.29, 1.82) is 0 Å². The Kier molecular flexibility index (Phi) is 6.48. The molecular weight excluding hydrogens is 339 g/mol. The monoisotopic (exact) mass is 362 g/mol. The summed E-state index contributed by atoms with van der Waals surface area (Å²) in [6.07, 6.45) is 0.927. The number of rotatable bonds is 6. The molecule has 0 N–H and O–H groups in total. The minimum Gasteiger partial charge on any atom is -0.465 e. The first kappa shape index (κ1) is 19.3. The summed E-state index contributed by atoms with van der Waals surface area (Å²) in [5, 5.41) is 0. The second kappa shape index (κ2) is 8.39. The Morgan fingerprint density at radius 3 is 2.44 bits per heavy atom. The summed E-state index contributed by atoms with van der Waals surface area (Å²) in [5.74, 6) is -0.201. The van der Waals surface area contributed by atoms with Crippen molar-refractivity contribution >= 4 is 16.8 Å². The molecule has 0 spiro atoms. The number of benzene rings is 2. The van der Waals surface area contributed by atoms with Crippen LogP contribution in [0.1, 0.15) is 39.5 Å². The lowest BCUT2D eigenvalue weighted by atomic mass is 9.97. The van der Waals surface area contributed by atoms with E-state index < -0.39 is 16.8 Å². The molecule has 0 saturated heterocycles. The highest BCUT2D eigenvalue weighted by Gasteiger charge is 2.15. The maximum Gasteiger partial charge on any atom is 0.338 e. The molecule has 0 aromatic heterocycles. The van der Waals surface area contributed by atoms with Crippen LogP contribution < -0.4 is 0 Å². The lowest BCUT2D eigenvalue weighted by Crippen LogP contribution is -2.08. The number of methoxy groups -OCH3 is 1. The van der Waals surface area contributed by atoms with Gasteiger partial charge in [0.1, 0.15) is 5.82 Å². The van der Waals surface area contributed by atoms with E-state index in [0.29, 0.717) is 40.2 Å². The van der Waals surface area contributed by atoms with Crippen LogP contribution in [0.5, 0.6) is 0 Å². The number of hydrogen-bond acceptors (Lipinski definition) is 3. The van der Waals surface area contributed by atoms with Gasteiger partial charge >= 0.3 is 5.97 Å². The molecule has 2 aromatic rings. The highest BCUT2D eigenvalue weighted by Crippen LogP contribution is 2.22. The van der Waals surface area contributed by atoms with Crippen molar-refractivity contribution in [2.75, 3.05) is 12.9 Å². The molecule has 0 fully saturated rings. The quantitative estimate of drug-likeness (QED) is 0.725. The zero-order chi connectivity index (χ0) is 18.6. The van der Waals surface area contributed by atoms with Gasteiger partial charge in [-0.3, -0.25) is 4.21 Å². The van der Waals surface area contributed by atoms with Crippen molar-refractivity contribution in [3.8, 4) is 0 Å². The number of halogens is 1. The molecule has 0 bridgehead atoms. The van der Waals surface area contributed by atoms with Gasteiger partial charge in [0.15, 0.2) is 0 Å². The minimum atomic E-state index is -1.13. The van der Waals surface area contributed by atoms with Crippen LogP contribution >= 0.6 is 0 Å². The van der Waals surface area contributed by atoms with Gasteiger partial charge in [-0.15, -0.1) is 0 Å². The number of aryl methyl sites for hydroxylation is 4. The maximum absolute atomic E-state index is 14.3.